The average molecular weight is 360 g/mol. The molecule has 0 aliphatic carbocycles. The molecule has 0 fully saturated rings. The minimum Gasteiger partial charge on any atom is -0.324 e. The molecule has 6 nitrogen and oxygen atoms in total. The number of nitrogens with one attached hydrogen (secondary N) is 2. The van der Waals surface area contributed by atoms with Crippen LogP contribution in [0.1, 0.15) is 38.9 Å². The molecule has 3 aromatic rings. The molecule has 0 bridgehead atoms. The summed E-state index contributed by atoms with van der Waals surface area (Å²) in [5.74, 6) is -0.0241. The number of carbonyl (C=O) groups excluding carboxylic acids is 2. The lowest BCUT2D eigenvalue weighted by molar-refractivity contribution is 0.101. The van der Waals surface area contributed by atoms with Gasteiger partial charge in [-0.25, -0.2) is 9.97 Å². The summed E-state index contributed by atoms with van der Waals surface area (Å²) in [6, 6.07) is 14.3. The standard InChI is InChI=1S/C21H20N4O2/c1-13-4-9-18(14(2)12-13)24-21-22-11-10-19(25-21)20(27)23-17-7-5-16(6-8-17)15(3)26/h4-12H,1-3H3,(H,23,27)(H,22,24,25). The van der Waals surface area contributed by atoms with Gasteiger partial charge in [0.25, 0.3) is 5.91 Å². The molecule has 0 atom stereocenters. The predicted octanol–water partition coefficient (Wildman–Crippen LogP) is 4.29. The minimum atomic E-state index is -0.350. The van der Waals surface area contributed by atoms with Crippen LogP contribution in [0, 0.1) is 13.8 Å². The van der Waals surface area contributed by atoms with Crippen LogP contribution in [0.15, 0.2) is 54.7 Å². The molecule has 0 saturated heterocycles. The second-order valence-electron chi connectivity index (χ2n) is 6.30. The van der Waals surface area contributed by atoms with Gasteiger partial charge in [-0.3, -0.25) is 9.59 Å². The quantitative estimate of drug-likeness (QED) is 0.663. The summed E-state index contributed by atoms with van der Waals surface area (Å²) < 4.78 is 0. The lowest BCUT2D eigenvalue weighted by Crippen LogP contribution is -2.15. The molecule has 0 spiro atoms. The van der Waals surface area contributed by atoms with Crippen molar-refractivity contribution in [1.29, 1.82) is 0 Å². The van der Waals surface area contributed by atoms with Crippen LogP contribution in [0.3, 0.4) is 0 Å². The summed E-state index contributed by atoms with van der Waals surface area (Å²) in [4.78, 5) is 32.2. The molecule has 0 radical (unpaired) electrons. The molecule has 0 aliphatic rings. The highest BCUT2D eigenvalue weighted by atomic mass is 16.2. The number of aryl methyl sites for hydroxylation is 2. The summed E-state index contributed by atoms with van der Waals surface area (Å²) in [5, 5.41) is 5.90. The molecule has 1 heterocycles. The van der Waals surface area contributed by atoms with Crippen LogP contribution in [-0.4, -0.2) is 21.7 Å². The van der Waals surface area contributed by atoms with Gasteiger partial charge < -0.3 is 10.6 Å². The van der Waals surface area contributed by atoms with Crippen molar-refractivity contribution >= 4 is 29.0 Å². The fourth-order valence-electron chi connectivity index (χ4n) is 2.60. The van der Waals surface area contributed by atoms with Gasteiger partial charge in [-0.2, -0.15) is 0 Å². The van der Waals surface area contributed by atoms with Crippen molar-refractivity contribution in [3.8, 4) is 0 Å². The Morgan fingerprint density at radius 2 is 1.70 bits per heavy atom. The number of benzene rings is 2. The van der Waals surface area contributed by atoms with E-state index >= 15 is 0 Å². The van der Waals surface area contributed by atoms with Crippen molar-refractivity contribution in [3.63, 3.8) is 0 Å². The Balaban J connectivity index is 1.74. The fourth-order valence-corrected chi connectivity index (χ4v) is 2.60. The molecule has 6 heteroatoms. The third-order valence-corrected chi connectivity index (χ3v) is 4.07. The lowest BCUT2D eigenvalue weighted by atomic mass is 10.1. The van der Waals surface area contributed by atoms with Crippen LogP contribution < -0.4 is 10.6 Å². The normalized spacial score (nSPS) is 10.3. The van der Waals surface area contributed by atoms with Crippen molar-refractivity contribution in [2.24, 2.45) is 0 Å². The van der Waals surface area contributed by atoms with E-state index in [-0.39, 0.29) is 17.4 Å². The topological polar surface area (TPSA) is 84.0 Å². The van der Waals surface area contributed by atoms with E-state index in [4.69, 9.17) is 0 Å². The molecule has 0 unspecified atom stereocenters. The summed E-state index contributed by atoms with van der Waals surface area (Å²) in [6.45, 7) is 5.52. The maximum Gasteiger partial charge on any atom is 0.274 e. The largest absolute Gasteiger partial charge is 0.324 e. The number of aromatic nitrogens is 2. The Morgan fingerprint density at radius 3 is 2.37 bits per heavy atom. The first-order valence-electron chi connectivity index (χ1n) is 8.52. The first-order valence-corrected chi connectivity index (χ1v) is 8.52. The van der Waals surface area contributed by atoms with Crippen LogP contribution in [0.2, 0.25) is 0 Å². The Hall–Kier alpha value is -3.54. The Kier molecular flexibility index (Phi) is 5.26. The molecule has 1 aromatic heterocycles. The number of anilines is 3. The van der Waals surface area contributed by atoms with E-state index in [9.17, 15) is 9.59 Å². The molecule has 136 valence electrons. The number of amides is 1. The minimum absolute atomic E-state index is 0.0224. The second-order valence-corrected chi connectivity index (χ2v) is 6.30. The van der Waals surface area contributed by atoms with Crippen molar-refractivity contribution in [2.45, 2.75) is 20.8 Å². The Morgan fingerprint density at radius 1 is 0.963 bits per heavy atom. The average Bonchev–Trinajstić information content (AvgIpc) is 2.65. The summed E-state index contributed by atoms with van der Waals surface area (Å²) in [7, 11) is 0. The van der Waals surface area contributed by atoms with Crippen molar-refractivity contribution in [1.82, 2.24) is 9.97 Å². The molecule has 0 aliphatic heterocycles. The lowest BCUT2D eigenvalue weighted by Gasteiger charge is -2.10. The molecule has 2 N–H and O–H groups in total. The van der Waals surface area contributed by atoms with Gasteiger partial charge in [-0.1, -0.05) is 17.7 Å². The van der Waals surface area contributed by atoms with E-state index in [1.54, 1.807) is 30.3 Å². The highest BCUT2D eigenvalue weighted by molar-refractivity contribution is 6.03. The zero-order valence-corrected chi connectivity index (χ0v) is 15.4. The molecule has 1 amide bonds. The van der Waals surface area contributed by atoms with Gasteiger partial charge in [-0.05, 0) is 62.7 Å². The van der Waals surface area contributed by atoms with Crippen molar-refractivity contribution in [2.75, 3.05) is 10.6 Å². The molecular weight excluding hydrogens is 340 g/mol. The summed E-state index contributed by atoms with van der Waals surface area (Å²) in [6.07, 6.45) is 1.53. The maximum atomic E-state index is 12.5. The second kappa shape index (κ2) is 7.78. The van der Waals surface area contributed by atoms with Crippen molar-refractivity contribution < 1.29 is 9.59 Å². The third-order valence-electron chi connectivity index (χ3n) is 4.07. The maximum absolute atomic E-state index is 12.5. The van der Waals surface area contributed by atoms with Crippen LogP contribution in [0.5, 0.6) is 0 Å². The Bertz CT molecular complexity index is 997. The smallest absolute Gasteiger partial charge is 0.274 e. The SMILES string of the molecule is CC(=O)c1ccc(NC(=O)c2ccnc(Nc3ccc(C)cc3C)n2)cc1. The predicted molar refractivity (Wildman–Crippen MR) is 106 cm³/mol. The molecule has 0 saturated carbocycles. The third kappa shape index (κ3) is 4.55. The first kappa shape index (κ1) is 18.3. The van der Waals surface area contributed by atoms with E-state index in [1.807, 2.05) is 26.0 Å². The van der Waals surface area contributed by atoms with Gasteiger partial charge in [0.1, 0.15) is 5.69 Å². The van der Waals surface area contributed by atoms with Gasteiger partial charge in [0.15, 0.2) is 5.78 Å². The van der Waals surface area contributed by atoms with E-state index in [2.05, 4.69) is 26.7 Å². The van der Waals surface area contributed by atoms with E-state index in [0.717, 1.165) is 11.3 Å². The van der Waals surface area contributed by atoms with Gasteiger partial charge >= 0.3 is 0 Å². The van der Waals surface area contributed by atoms with Gasteiger partial charge in [0.05, 0.1) is 0 Å². The number of ketones is 1. The van der Waals surface area contributed by atoms with Crippen LogP contribution in [0.4, 0.5) is 17.3 Å². The number of hydrogen-bond acceptors (Lipinski definition) is 5. The van der Waals surface area contributed by atoms with E-state index in [1.165, 1.54) is 18.7 Å². The number of hydrogen-bond donors (Lipinski definition) is 2. The highest BCUT2D eigenvalue weighted by Gasteiger charge is 2.10. The van der Waals surface area contributed by atoms with Crippen LogP contribution in [0.25, 0.3) is 0 Å². The highest BCUT2D eigenvalue weighted by Crippen LogP contribution is 2.19. The number of nitrogens with zero attached hydrogens (tertiary/aromatic N) is 2. The van der Waals surface area contributed by atoms with Gasteiger partial charge in [0, 0.05) is 23.1 Å². The van der Waals surface area contributed by atoms with Crippen LogP contribution in [-0.2, 0) is 0 Å². The van der Waals surface area contributed by atoms with Crippen LogP contribution >= 0.6 is 0 Å². The zero-order valence-electron chi connectivity index (χ0n) is 15.4. The fraction of sp³-hybridized carbons (Fsp3) is 0.143. The molecule has 27 heavy (non-hydrogen) atoms. The molecule has 3 rings (SSSR count). The van der Waals surface area contributed by atoms with Crippen molar-refractivity contribution in [3.05, 3.63) is 77.1 Å². The number of rotatable bonds is 5. The van der Waals surface area contributed by atoms with Gasteiger partial charge in [0.2, 0.25) is 5.95 Å². The summed E-state index contributed by atoms with van der Waals surface area (Å²) >= 11 is 0. The van der Waals surface area contributed by atoms with Gasteiger partial charge in [-0.15, -0.1) is 0 Å². The summed E-state index contributed by atoms with van der Waals surface area (Å²) in [5.41, 5.74) is 4.55. The Labute approximate surface area is 157 Å². The number of Topliss-reactive ketones (excluding diaryl/α,β-unsaturated/α-hetero) is 1. The number of carbonyl (C=O) groups is 2. The monoisotopic (exact) mass is 360 g/mol. The first-order chi connectivity index (χ1) is 12.9. The molecular formula is C21H20N4O2. The molecule has 2 aromatic carbocycles. The van der Waals surface area contributed by atoms with E-state index < -0.39 is 0 Å². The van der Waals surface area contributed by atoms with E-state index in [0.29, 0.717) is 17.2 Å². The zero-order chi connectivity index (χ0) is 19.4.